The summed E-state index contributed by atoms with van der Waals surface area (Å²) >= 11 is 0. The van der Waals surface area contributed by atoms with E-state index in [9.17, 15) is 4.79 Å². The monoisotopic (exact) mass is 203 g/mol. The Kier molecular flexibility index (Phi) is 1.47. The summed E-state index contributed by atoms with van der Waals surface area (Å²) in [5.41, 5.74) is 8.81. The summed E-state index contributed by atoms with van der Waals surface area (Å²) in [6, 6.07) is 5.96. The third kappa shape index (κ3) is 1.15. The van der Waals surface area contributed by atoms with Crippen molar-refractivity contribution in [2.24, 2.45) is 12.8 Å². The van der Waals surface area contributed by atoms with Crippen molar-refractivity contribution in [3.05, 3.63) is 34.2 Å². The van der Waals surface area contributed by atoms with Gasteiger partial charge in [0.2, 0.25) is 0 Å². The van der Waals surface area contributed by atoms with E-state index in [1.807, 2.05) is 18.2 Å². The van der Waals surface area contributed by atoms with Crippen LogP contribution in [-0.2, 0) is 12.6 Å². The van der Waals surface area contributed by atoms with E-state index in [2.05, 4.69) is 4.98 Å². The van der Waals surface area contributed by atoms with Crippen molar-refractivity contribution in [2.45, 2.75) is 18.4 Å². The van der Waals surface area contributed by atoms with Crippen LogP contribution in [0.3, 0.4) is 0 Å². The minimum Gasteiger partial charge on any atom is -0.321 e. The van der Waals surface area contributed by atoms with E-state index in [0.717, 1.165) is 29.4 Å². The lowest BCUT2D eigenvalue weighted by molar-refractivity contribution is 0.741. The maximum Gasteiger partial charge on any atom is 0.326 e. The zero-order valence-electron chi connectivity index (χ0n) is 8.58. The van der Waals surface area contributed by atoms with Crippen LogP contribution >= 0.6 is 0 Å². The number of aryl methyl sites for hydroxylation is 1. The normalized spacial score (nSPS) is 18.3. The molecule has 1 aliphatic carbocycles. The maximum atomic E-state index is 11.4. The van der Waals surface area contributed by atoms with Crippen molar-refractivity contribution in [2.75, 3.05) is 0 Å². The average molecular weight is 203 g/mol. The number of hydrogen-bond donors (Lipinski definition) is 2. The van der Waals surface area contributed by atoms with Gasteiger partial charge in [0.1, 0.15) is 0 Å². The van der Waals surface area contributed by atoms with Crippen molar-refractivity contribution in [3.63, 3.8) is 0 Å². The quantitative estimate of drug-likeness (QED) is 0.720. The first-order valence-corrected chi connectivity index (χ1v) is 5.08. The molecule has 15 heavy (non-hydrogen) atoms. The molecule has 0 spiro atoms. The molecular formula is C11H13N3O. The highest BCUT2D eigenvalue weighted by atomic mass is 16.1. The molecule has 4 heteroatoms. The number of fused-ring (bicyclic) bond motifs is 1. The van der Waals surface area contributed by atoms with E-state index in [4.69, 9.17) is 5.73 Å². The Morgan fingerprint density at radius 3 is 2.87 bits per heavy atom. The molecule has 1 aliphatic rings. The molecule has 4 nitrogen and oxygen atoms in total. The van der Waals surface area contributed by atoms with Crippen LogP contribution in [0.25, 0.3) is 11.0 Å². The molecule has 3 rings (SSSR count). The molecular weight excluding hydrogens is 190 g/mol. The number of imidazole rings is 1. The summed E-state index contributed by atoms with van der Waals surface area (Å²) in [4.78, 5) is 14.2. The van der Waals surface area contributed by atoms with E-state index in [1.165, 1.54) is 0 Å². The average Bonchev–Trinajstić information content (AvgIpc) is 2.90. The number of rotatable bonds is 1. The molecule has 78 valence electrons. The van der Waals surface area contributed by atoms with Crippen LogP contribution in [-0.4, -0.2) is 9.55 Å². The van der Waals surface area contributed by atoms with Crippen molar-refractivity contribution < 1.29 is 0 Å². The van der Waals surface area contributed by atoms with Gasteiger partial charge in [-0.25, -0.2) is 4.79 Å². The maximum absolute atomic E-state index is 11.4. The molecule has 1 heterocycles. The zero-order chi connectivity index (χ0) is 10.6. The van der Waals surface area contributed by atoms with Gasteiger partial charge in [0.15, 0.2) is 0 Å². The highest BCUT2D eigenvalue weighted by Gasteiger charge is 2.40. The summed E-state index contributed by atoms with van der Waals surface area (Å²) in [5, 5.41) is 0. The van der Waals surface area contributed by atoms with Gasteiger partial charge in [-0.3, -0.25) is 4.57 Å². The molecule has 2 aromatic rings. The van der Waals surface area contributed by atoms with Crippen LogP contribution in [0.5, 0.6) is 0 Å². The number of H-pyrrole nitrogens is 1. The van der Waals surface area contributed by atoms with Gasteiger partial charge in [0, 0.05) is 12.6 Å². The first-order valence-electron chi connectivity index (χ1n) is 5.08. The summed E-state index contributed by atoms with van der Waals surface area (Å²) in [7, 11) is 1.76. The molecule has 0 atom stereocenters. The number of aromatic amines is 1. The van der Waals surface area contributed by atoms with Gasteiger partial charge in [-0.2, -0.15) is 0 Å². The Balaban J connectivity index is 2.27. The third-order valence-corrected chi connectivity index (χ3v) is 3.27. The number of nitrogens with one attached hydrogen (secondary N) is 1. The number of benzene rings is 1. The standard InChI is InChI=1S/C11H13N3O/c1-14-9-3-2-7(11(12)4-5-11)6-8(9)13-10(14)15/h2-3,6H,4-5,12H2,1H3,(H,13,15). The van der Waals surface area contributed by atoms with E-state index in [-0.39, 0.29) is 11.2 Å². The van der Waals surface area contributed by atoms with Crippen molar-refractivity contribution >= 4 is 11.0 Å². The summed E-state index contributed by atoms with van der Waals surface area (Å²) in [6.45, 7) is 0. The molecule has 1 aromatic heterocycles. The lowest BCUT2D eigenvalue weighted by Crippen LogP contribution is -2.18. The SMILES string of the molecule is Cn1c(=O)[nH]c2cc(C3(N)CC3)ccc21. The van der Waals surface area contributed by atoms with E-state index >= 15 is 0 Å². The number of aromatic nitrogens is 2. The Morgan fingerprint density at radius 2 is 2.20 bits per heavy atom. The molecule has 0 aliphatic heterocycles. The van der Waals surface area contributed by atoms with Crippen LogP contribution in [0.4, 0.5) is 0 Å². The summed E-state index contributed by atoms with van der Waals surface area (Å²) < 4.78 is 1.61. The molecule has 1 fully saturated rings. The van der Waals surface area contributed by atoms with Gasteiger partial charge in [-0.05, 0) is 30.5 Å². The van der Waals surface area contributed by atoms with Crippen LogP contribution < -0.4 is 11.4 Å². The van der Waals surface area contributed by atoms with Crippen molar-refractivity contribution in [1.82, 2.24) is 9.55 Å². The fourth-order valence-electron chi connectivity index (χ4n) is 1.97. The Hall–Kier alpha value is -1.55. The predicted octanol–water partition coefficient (Wildman–Crippen LogP) is 0.814. The predicted molar refractivity (Wildman–Crippen MR) is 58.6 cm³/mol. The fourth-order valence-corrected chi connectivity index (χ4v) is 1.97. The largest absolute Gasteiger partial charge is 0.326 e. The highest BCUT2D eigenvalue weighted by molar-refractivity contribution is 5.76. The third-order valence-electron chi connectivity index (χ3n) is 3.27. The summed E-state index contributed by atoms with van der Waals surface area (Å²) in [5.74, 6) is 0. The first-order chi connectivity index (χ1) is 7.10. The van der Waals surface area contributed by atoms with Crippen molar-refractivity contribution in [1.29, 1.82) is 0 Å². The second kappa shape index (κ2) is 2.52. The van der Waals surface area contributed by atoms with Gasteiger partial charge in [-0.1, -0.05) is 6.07 Å². The zero-order valence-corrected chi connectivity index (χ0v) is 8.58. The summed E-state index contributed by atoms with van der Waals surface area (Å²) in [6.07, 6.45) is 2.07. The van der Waals surface area contributed by atoms with Crippen LogP contribution in [0.15, 0.2) is 23.0 Å². The Labute approximate surface area is 86.7 Å². The molecule has 0 saturated heterocycles. The van der Waals surface area contributed by atoms with Crippen LogP contribution in [0.2, 0.25) is 0 Å². The molecule has 1 aromatic carbocycles. The molecule has 1 saturated carbocycles. The van der Waals surface area contributed by atoms with E-state index < -0.39 is 0 Å². The molecule has 3 N–H and O–H groups in total. The van der Waals surface area contributed by atoms with Crippen LogP contribution in [0.1, 0.15) is 18.4 Å². The minimum atomic E-state index is -0.138. The van der Waals surface area contributed by atoms with E-state index in [0.29, 0.717) is 0 Å². The van der Waals surface area contributed by atoms with Crippen LogP contribution in [0, 0.1) is 0 Å². The molecule has 0 bridgehead atoms. The first kappa shape index (κ1) is 8.73. The number of nitrogens with zero attached hydrogens (tertiary/aromatic N) is 1. The highest BCUT2D eigenvalue weighted by Crippen LogP contribution is 2.42. The second-order valence-corrected chi connectivity index (χ2v) is 4.38. The minimum absolute atomic E-state index is 0.0796. The Morgan fingerprint density at radius 1 is 1.47 bits per heavy atom. The molecule has 0 unspecified atom stereocenters. The van der Waals surface area contributed by atoms with E-state index in [1.54, 1.807) is 11.6 Å². The molecule has 0 amide bonds. The van der Waals surface area contributed by atoms with Gasteiger partial charge in [0.25, 0.3) is 0 Å². The van der Waals surface area contributed by atoms with Gasteiger partial charge < -0.3 is 10.7 Å². The fraction of sp³-hybridized carbons (Fsp3) is 0.364. The van der Waals surface area contributed by atoms with Crippen molar-refractivity contribution in [3.8, 4) is 0 Å². The lowest BCUT2D eigenvalue weighted by Gasteiger charge is -2.08. The van der Waals surface area contributed by atoms with Gasteiger partial charge in [-0.15, -0.1) is 0 Å². The number of nitrogens with two attached hydrogens (primary N) is 1. The van der Waals surface area contributed by atoms with Gasteiger partial charge >= 0.3 is 5.69 Å². The van der Waals surface area contributed by atoms with Gasteiger partial charge in [0.05, 0.1) is 11.0 Å². The molecule has 0 radical (unpaired) electrons. The smallest absolute Gasteiger partial charge is 0.321 e. The lowest BCUT2D eigenvalue weighted by atomic mass is 10.1. The number of hydrogen-bond acceptors (Lipinski definition) is 2. The second-order valence-electron chi connectivity index (χ2n) is 4.38. The Bertz CT molecular complexity index is 589. The topological polar surface area (TPSA) is 63.8 Å².